The van der Waals surface area contributed by atoms with E-state index in [0.29, 0.717) is 24.8 Å². The highest BCUT2D eigenvalue weighted by Crippen LogP contribution is 2.23. The van der Waals surface area contributed by atoms with Crippen LogP contribution in [0.1, 0.15) is 32.8 Å². The SMILES string of the molecule is CCNCc1cccc(F)c1OCC(C)CC. The van der Waals surface area contributed by atoms with Crippen molar-refractivity contribution >= 4 is 0 Å². The van der Waals surface area contributed by atoms with Gasteiger partial charge in [-0.25, -0.2) is 4.39 Å². The van der Waals surface area contributed by atoms with Gasteiger partial charge < -0.3 is 10.1 Å². The molecule has 1 rings (SSSR count). The molecular formula is C14H22FNO. The molecule has 0 saturated heterocycles. The van der Waals surface area contributed by atoms with E-state index in [1.165, 1.54) is 6.07 Å². The molecule has 1 unspecified atom stereocenters. The molecule has 0 aliphatic carbocycles. The van der Waals surface area contributed by atoms with E-state index < -0.39 is 0 Å². The summed E-state index contributed by atoms with van der Waals surface area (Å²) < 4.78 is 19.3. The summed E-state index contributed by atoms with van der Waals surface area (Å²) in [5.74, 6) is 0.569. The fourth-order valence-corrected chi connectivity index (χ4v) is 1.46. The average Bonchev–Trinajstić information content (AvgIpc) is 2.34. The Morgan fingerprint density at radius 1 is 1.35 bits per heavy atom. The number of hydrogen-bond acceptors (Lipinski definition) is 2. The molecule has 0 heterocycles. The van der Waals surface area contributed by atoms with E-state index in [1.807, 2.05) is 13.0 Å². The van der Waals surface area contributed by atoms with Crippen molar-refractivity contribution in [1.82, 2.24) is 5.32 Å². The predicted molar refractivity (Wildman–Crippen MR) is 68.7 cm³/mol. The smallest absolute Gasteiger partial charge is 0.165 e. The van der Waals surface area contributed by atoms with Gasteiger partial charge in [0.1, 0.15) is 0 Å². The maximum absolute atomic E-state index is 13.7. The third-order valence-corrected chi connectivity index (χ3v) is 2.82. The lowest BCUT2D eigenvalue weighted by Crippen LogP contribution is -2.15. The predicted octanol–water partition coefficient (Wildman–Crippen LogP) is 3.36. The Bertz CT molecular complexity index is 341. The first kappa shape index (κ1) is 14.0. The van der Waals surface area contributed by atoms with Gasteiger partial charge in [-0.05, 0) is 18.5 Å². The van der Waals surface area contributed by atoms with Gasteiger partial charge in [0, 0.05) is 12.1 Å². The zero-order chi connectivity index (χ0) is 12.7. The molecule has 0 aromatic heterocycles. The van der Waals surface area contributed by atoms with Crippen molar-refractivity contribution < 1.29 is 9.13 Å². The standard InChI is InChI=1S/C14H22FNO/c1-4-11(3)10-17-14-12(9-16-5-2)7-6-8-13(14)15/h6-8,11,16H,4-5,9-10H2,1-3H3. The zero-order valence-electron chi connectivity index (χ0n) is 10.9. The molecule has 0 bridgehead atoms. The van der Waals surface area contributed by atoms with Crippen LogP contribution in [0.25, 0.3) is 0 Å². The Hall–Kier alpha value is -1.09. The van der Waals surface area contributed by atoms with E-state index in [0.717, 1.165) is 18.5 Å². The van der Waals surface area contributed by atoms with Crippen LogP contribution in [0.3, 0.4) is 0 Å². The second kappa shape index (κ2) is 7.28. The fourth-order valence-electron chi connectivity index (χ4n) is 1.46. The molecule has 0 spiro atoms. The number of para-hydroxylation sites is 1. The van der Waals surface area contributed by atoms with Crippen LogP contribution in [0.15, 0.2) is 18.2 Å². The van der Waals surface area contributed by atoms with E-state index >= 15 is 0 Å². The summed E-state index contributed by atoms with van der Waals surface area (Å²) in [5, 5.41) is 3.19. The van der Waals surface area contributed by atoms with E-state index in [-0.39, 0.29) is 5.82 Å². The number of ether oxygens (including phenoxy) is 1. The van der Waals surface area contributed by atoms with E-state index in [1.54, 1.807) is 6.07 Å². The summed E-state index contributed by atoms with van der Waals surface area (Å²) in [7, 11) is 0. The largest absolute Gasteiger partial charge is 0.490 e. The molecule has 1 N–H and O–H groups in total. The van der Waals surface area contributed by atoms with E-state index in [9.17, 15) is 4.39 Å². The van der Waals surface area contributed by atoms with Gasteiger partial charge in [-0.15, -0.1) is 0 Å². The molecule has 3 heteroatoms. The number of hydrogen-bond donors (Lipinski definition) is 1. The van der Waals surface area contributed by atoms with Crippen molar-refractivity contribution in [2.45, 2.75) is 33.7 Å². The first-order chi connectivity index (χ1) is 8.19. The van der Waals surface area contributed by atoms with Gasteiger partial charge in [0.2, 0.25) is 0 Å². The van der Waals surface area contributed by atoms with Crippen LogP contribution in [0.4, 0.5) is 4.39 Å². The van der Waals surface area contributed by atoms with Crippen LogP contribution in [0, 0.1) is 11.7 Å². The van der Waals surface area contributed by atoms with Crippen molar-refractivity contribution in [3.8, 4) is 5.75 Å². The van der Waals surface area contributed by atoms with Crippen LogP contribution < -0.4 is 10.1 Å². The Morgan fingerprint density at radius 2 is 2.12 bits per heavy atom. The van der Waals surface area contributed by atoms with E-state index in [2.05, 4.69) is 19.2 Å². The molecule has 0 fully saturated rings. The Balaban J connectivity index is 2.72. The number of rotatable bonds is 7. The zero-order valence-corrected chi connectivity index (χ0v) is 10.9. The maximum Gasteiger partial charge on any atom is 0.165 e. The Kier molecular flexibility index (Phi) is 5.98. The molecular weight excluding hydrogens is 217 g/mol. The molecule has 2 nitrogen and oxygen atoms in total. The van der Waals surface area contributed by atoms with Crippen LogP contribution >= 0.6 is 0 Å². The van der Waals surface area contributed by atoms with Crippen molar-refractivity contribution in [2.24, 2.45) is 5.92 Å². The molecule has 0 amide bonds. The molecule has 1 aromatic carbocycles. The van der Waals surface area contributed by atoms with Crippen molar-refractivity contribution in [3.63, 3.8) is 0 Å². The first-order valence-corrected chi connectivity index (χ1v) is 6.29. The molecule has 0 aliphatic rings. The summed E-state index contributed by atoms with van der Waals surface area (Å²) in [6, 6.07) is 5.07. The quantitative estimate of drug-likeness (QED) is 0.787. The monoisotopic (exact) mass is 239 g/mol. The highest BCUT2D eigenvalue weighted by Gasteiger charge is 2.10. The second-order valence-electron chi connectivity index (χ2n) is 4.33. The number of benzene rings is 1. The van der Waals surface area contributed by atoms with Crippen LogP contribution in [-0.4, -0.2) is 13.2 Å². The van der Waals surface area contributed by atoms with E-state index in [4.69, 9.17) is 4.74 Å². The summed E-state index contributed by atoms with van der Waals surface area (Å²) in [5.41, 5.74) is 0.884. The molecule has 17 heavy (non-hydrogen) atoms. The van der Waals surface area contributed by atoms with Gasteiger partial charge in [-0.3, -0.25) is 0 Å². The van der Waals surface area contributed by atoms with Gasteiger partial charge in [-0.1, -0.05) is 39.3 Å². The molecule has 1 aromatic rings. The second-order valence-corrected chi connectivity index (χ2v) is 4.33. The van der Waals surface area contributed by atoms with Crippen molar-refractivity contribution in [3.05, 3.63) is 29.6 Å². The minimum absolute atomic E-state index is 0.274. The maximum atomic E-state index is 13.7. The van der Waals surface area contributed by atoms with Gasteiger partial charge in [0.15, 0.2) is 11.6 Å². The lowest BCUT2D eigenvalue weighted by molar-refractivity contribution is 0.243. The topological polar surface area (TPSA) is 21.3 Å². The number of nitrogens with one attached hydrogen (secondary N) is 1. The summed E-state index contributed by atoms with van der Waals surface area (Å²) >= 11 is 0. The highest BCUT2D eigenvalue weighted by molar-refractivity contribution is 5.34. The van der Waals surface area contributed by atoms with Gasteiger partial charge >= 0.3 is 0 Å². The summed E-state index contributed by atoms with van der Waals surface area (Å²) in [6.07, 6.45) is 1.04. The minimum atomic E-state index is -0.274. The molecule has 0 aliphatic heterocycles. The normalized spacial score (nSPS) is 12.5. The van der Waals surface area contributed by atoms with Crippen LogP contribution in [0.5, 0.6) is 5.75 Å². The van der Waals surface area contributed by atoms with Crippen molar-refractivity contribution in [1.29, 1.82) is 0 Å². The third-order valence-electron chi connectivity index (χ3n) is 2.82. The van der Waals surface area contributed by atoms with Crippen molar-refractivity contribution in [2.75, 3.05) is 13.2 Å². The van der Waals surface area contributed by atoms with Gasteiger partial charge in [0.25, 0.3) is 0 Å². The van der Waals surface area contributed by atoms with Crippen LogP contribution in [-0.2, 0) is 6.54 Å². The Labute approximate surface area is 103 Å². The molecule has 1 atom stereocenters. The minimum Gasteiger partial charge on any atom is -0.490 e. The summed E-state index contributed by atoms with van der Waals surface area (Å²) in [4.78, 5) is 0. The lowest BCUT2D eigenvalue weighted by Gasteiger charge is -2.15. The molecule has 0 radical (unpaired) electrons. The fraction of sp³-hybridized carbons (Fsp3) is 0.571. The highest BCUT2D eigenvalue weighted by atomic mass is 19.1. The van der Waals surface area contributed by atoms with Crippen LogP contribution in [0.2, 0.25) is 0 Å². The number of halogens is 1. The molecule has 96 valence electrons. The summed E-state index contributed by atoms with van der Waals surface area (Å²) in [6.45, 7) is 8.31. The molecule has 0 saturated carbocycles. The third kappa shape index (κ3) is 4.35. The first-order valence-electron chi connectivity index (χ1n) is 6.29. The average molecular weight is 239 g/mol. The lowest BCUT2D eigenvalue weighted by atomic mass is 10.1. The van der Waals surface area contributed by atoms with Gasteiger partial charge in [0.05, 0.1) is 6.61 Å². The Morgan fingerprint density at radius 3 is 2.76 bits per heavy atom. The van der Waals surface area contributed by atoms with Gasteiger partial charge in [-0.2, -0.15) is 0 Å².